The van der Waals surface area contributed by atoms with E-state index < -0.39 is 0 Å². The second-order valence-corrected chi connectivity index (χ2v) is 7.20. The lowest BCUT2D eigenvalue weighted by Gasteiger charge is -2.10. The molecule has 1 N–H and O–H groups in total. The van der Waals surface area contributed by atoms with Crippen LogP contribution < -0.4 is 5.32 Å². The lowest BCUT2D eigenvalue weighted by molar-refractivity contribution is 0.0827. The molecule has 4 aromatic rings. The molecule has 0 aliphatic heterocycles. The van der Waals surface area contributed by atoms with Gasteiger partial charge in [0.1, 0.15) is 5.76 Å². The first-order valence-corrected chi connectivity index (χ1v) is 9.43. The minimum Gasteiger partial charge on any atom is -0.360 e. The van der Waals surface area contributed by atoms with Gasteiger partial charge < -0.3 is 14.7 Å². The lowest BCUT2D eigenvalue weighted by atomic mass is 10.1. The second-order valence-electron chi connectivity index (χ2n) is 7.20. The Kier molecular flexibility index (Phi) is 5.05. The predicted molar refractivity (Wildman–Crippen MR) is 112 cm³/mol. The van der Waals surface area contributed by atoms with Gasteiger partial charge in [0, 0.05) is 31.1 Å². The summed E-state index contributed by atoms with van der Waals surface area (Å²) < 4.78 is 6.78. The van der Waals surface area contributed by atoms with E-state index in [1.165, 1.54) is 4.90 Å². The van der Waals surface area contributed by atoms with Crippen LogP contribution in [0.1, 0.15) is 32.2 Å². The Bertz CT molecular complexity index is 1220. The Balaban J connectivity index is 1.62. The Morgan fingerprint density at radius 3 is 2.50 bits per heavy atom. The Labute approximate surface area is 173 Å². The minimum absolute atomic E-state index is 0.0480. The molecule has 0 bridgehead atoms. The quantitative estimate of drug-likeness (QED) is 0.552. The molecule has 152 valence electrons. The van der Waals surface area contributed by atoms with Crippen LogP contribution >= 0.6 is 0 Å². The lowest BCUT2D eigenvalue weighted by Crippen LogP contribution is -2.21. The topological polar surface area (TPSA) is 93.3 Å². The number of amides is 2. The molecule has 2 aromatic heterocycles. The molecule has 0 fully saturated rings. The molecule has 4 rings (SSSR count). The highest BCUT2D eigenvalue weighted by molar-refractivity contribution is 6.10. The van der Waals surface area contributed by atoms with Crippen molar-refractivity contribution in [2.24, 2.45) is 0 Å². The molecule has 30 heavy (non-hydrogen) atoms. The van der Waals surface area contributed by atoms with Gasteiger partial charge >= 0.3 is 0 Å². The van der Waals surface area contributed by atoms with Gasteiger partial charge in [-0.15, -0.1) is 0 Å². The summed E-state index contributed by atoms with van der Waals surface area (Å²) in [5.74, 6) is 0.549. The standard InChI is InChI=1S/C22H21N5O3/c1-14-12-19(25-30-14)23-21(28)20-17-6-4-5-7-18(17)27(24-20)13-15-8-10-16(11-9-15)22(29)26(2)3/h4-12H,13H2,1-3H3,(H,23,25,28). The minimum atomic E-state index is -0.356. The number of hydrogen-bond acceptors (Lipinski definition) is 5. The molecule has 0 unspecified atom stereocenters. The number of para-hydroxylation sites is 1. The summed E-state index contributed by atoms with van der Waals surface area (Å²) in [6.07, 6.45) is 0. The van der Waals surface area contributed by atoms with Crippen molar-refractivity contribution in [2.45, 2.75) is 13.5 Å². The molecule has 0 radical (unpaired) electrons. The first-order chi connectivity index (χ1) is 14.4. The number of fused-ring (bicyclic) bond motifs is 1. The van der Waals surface area contributed by atoms with Gasteiger partial charge in [0.15, 0.2) is 11.5 Å². The number of carbonyl (C=O) groups excluding carboxylic acids is 2. The van der Waals surface area contributed by atoms with E-state index in [4.69, 9.17) is 4.52 Å². The predicted octanol–water partition coefficient (Wildman–Crippen LogP) is 3.34. The molecule has 0 atom stereocenters. The zero-order valence-corrected chi connectivity index (χ0v) is 16.9. The summed E-state index contributed by atoms with van der Waals surface area (Å²) in [6.45, 7) is 2.22. The third-order valence-electron chi connectivity index (χ3n) is 4.68. The molecule has 0 spiro atoms. The van der Waals surface area contributed by atoms with Gasteiger partial charge in [0.05, 0.1) is 12.1 Å². The zero-order valence-electron chi connectivity index (χ0n) is 16.9. The molecule has 2 heterocycles. The van der Waals surface area contributed by atoms with Crippen LogP contribution in [0.3, 0.4) is 0 Å². The molecular formula is C22H21N5O3. The zero-order chi connectivity index (χ0) is 21.3. The maximum atomic E-state index is 12.8. The summed E-state index contributed by atoms with van der Waals surface area (Å²) in [7, 11) is 3.44. The first-order valence-electron chi connectivity index (χ1n) is 9.43. The van der Waals surface area contributed by atoms with Crippen LogP contribution in [0.5, 0.6) is 0 Å². The number of carbonyl (C=O) groups is 2. The van der Waals surface area contributed by atoms with Crippen molar-refractivity contribution in [2.75, 3.05) is 19.4 Å². The molecule has 0 saturated heterocycles. The van der Waals surface area contributed by atoms with Crippen LogP contribution in [0.15, 0.2) is 59.1 Å². The maximum absolute atomic E-state index is 12.8. The van der Waals surface area contributed by atoms with Gasteiger partial charge in [-0.1, -0.05) is 35.5 Å². The summed E-state index contributed by atoms with van der Waals surface area (Å²) in [4.78, 5) is 26.4. The number of aryl methyl sites for hydroxylation is 1. The van der Waals surface area contributed by atoms with Crippen molar-refractivity contribution < 1.29 is 14.1 Å². The molecular weight excluding hydrogens is 382 g/mol. The van der Waals surface area contributed by atoms with Crippen molar-refractivity contribution >= 4 is 28.5 Å². The van der Waals surface area contributed by atoms with E-state index in [1.807, 2.05) is 36.4 Å². The Hall–Kier alpha value is -3.94. The van der Waals surface area contributed by atoms with Gasteiger partial charge in [-0.05, 0) is 30.7 Å². The highest BCUT2D eigenvalue weighted by Crippen LogP contribution is 2.21. The van der Waals surface area contributed by atoms with Crippen LogP contribution in [0.2, 0.25) is 0 Å². The monoisotopic (exact) mass is 403 g/mol. The van der Waals surface area contributed by atoms with Crippen molar-refractivity contribution in [1.29, 1.82) is 0 Å². The molecule has 8 nitrogen and oxygen atoms in total. The van der Waals surface area contributed by atoms with E-state index in [0.29, 0.717) is 29.4 Å². The van der Waals surface area contributed by atoms with Crippen molar-refractivity contribution in [3.8, 4) is 0 Å². The van der Waals surface area contributed by atoms with Crippen molar-refractivity contribution in [3.63, 3.8) is 0 Å². The Morgan fingerprint density at radius 2 is 1.83 bits per heavy atom. The van der Waals surface area contributed by atoms with E-state index in [1.54, 1.807) is 43.9 Å². The number of hydrogen-bond donors (Lipinski definition) is 1. The summed E-state index contributed by atoms with van der Waals surface area (Å²) in [5.41, 5.74) is 2.74. The molecule has 8 heteroatoms. The fraction of sp³-hybridized carbons (Fsp3) is 0.182. The third-order valence-corrected chi connectivity index (χ3v) is 4.68. The molecule has 0 aliphatic rings. The van der Waals surface area contributed by atoms with E-state index in [2.05, 4.69) is 15.6 Å². The van der Waals surface area contributed by atoms with Crippen molar-refractivity contribution in [1.82, 2.24) is 19.8 Å². The van der Waals surface area contributed by atoms with Gasteiger partial charge in [0.25, 0.3) is 11.8 Å². The van der Waals surface area contributed by atoms with Crippen LogP contribution in [0, 0.1) is 6.92 Å². The smallest absolute Gasteiger partial charge is 0.278 e. The summed E-state index contributed by atoms with van der Waals surface area (Å²) in [5, 5.41) is 11.8. The average Bonchev–Trinajstić information content (AvgIpc) is 3.31. The van der Waals surface area contributed by atoms with E-state index >= 15 is 0 Å². The number of rotatable bonds is 5. The van der Waals surface area contributed by atoms with Gasteiger partial charge in [0.2, 0.25) is 0 Å². The van der Waals surface area contributed by atoms with Crippen molar-refractivity contribution in [3.05, 3.63) is 77.2 Å². The number of nitrogens with one attached hydrogen (secondary N) is 1. The van der Waals surface area contributed by atoms with Crippen LogP contribution in [-0.2, 0) is 6.54 Å². The molecule has 0 saturated carbocycles. The van der Waals surface area contributed by atoms with Crippen LogP contribution in [0.25, 0.3) is 10.9 Å². The third kappa shape index (κ3) is 3.80. The highest BCUT2D eigenvalue weighted by Gasteiger charge is 2.18. The largest absolute Gasteiger partial charge is 0.360 e. The maximum Gasteiger partial charge on any atom is 0.278 e. The second kappa shape index (κ2) is 7.82. The van der Waals surface area contributed by atoms with E-state index in [0.717, 1.165) is 16.5 Å². The number of anilines is 1. The van der Waals surface area contributed by atoms with Gasteiger partial charge in [-0.3, -0.25) is 14.3 Å². The van der Waals surface area contributed by atoms with E-state index in [-0.39, 0.29) is 11.8 Å². The SMILES string of the molecule is Cc1cc(NC(=O)c2nn(Cc3ccc(C(=O)N(C)C)cc3)c3ccccc23)no1. The number of nitrogens with zero attached hydrogens (tertiary/aromatic N) is 4. The van der Waals surface area contributed by atoms with E-state index in [9.17, 15) is 9.59 Å². The average molecular weight is 403 g/mol. The fourth-order valence-electron chi connectivity index (χ4n) is 3.20. The first kappa shape index (κ1) is 19.4. The molecule has 2 aromatic carbocycles. The number of benzene rings is 2. The normalized spacial score (nSPS) is 10.9. The van der Waals surface area contributed by atoms with Crippen LogP contribution in [0.4, 0.5) is 5.82 Å². The fourth-order valence-corrected chi connectivity index (χ4v) is 3.20. The Morgan fingerprint density at radius 1 is 1.10 bits per heavy atom. The van der Waals surface area contributed by atoms with Gasteiger partial charge in [-0.2, -0.15) is 5.10 Å². The van der Waals surface area contributed by atoms with Gasteiger partial charge in [-0.25, -0.2) is 0 Å². The molecule has 0 aliphatic carbocycles. The summed E-state index contributed by atoms with van der Waals surface area (Å²) in [6, 6.07) is 16.6. The van der Waals surface area contributed by atoms with Crippen LogP contribution in [-0.4, -0.2) is 45.7 Å². The molecule has 2 amide bonds. The summed E-state index contributed by atoms with van der Waals surface area (Å²) >= 11 is 0. The number of aromatic nitrogens is 3. The highest BCUT2D eigenvalue weighted by atomic mass is 16.5.